The lowest BCUT2D eigenvalue weighted by Gasteiger charge is -2.15. The third-order valence-electron chi connectivity index (χ3n) is 5.21. The van der Waals surface area contributed by atoms with Gasteiger partial charge in [-0.2, -0.15) is 0 Å². The molecule has 0 saturated heterocycles. The summed E-state index contributed by atoms with van der Waals surface area (Å²) >= 11 is 0. The number of nitrogens with zero attached hydrogens (tertiary/aromatic N) is 1. The molecule has 3 N–H and O–H groups in total. The Morgan fingerprint density at radius 3 is 2.53 bits per heavy atom. The van der Waals surface area contributed by atoms with Crippen molar-refractivity contribution in [2.24, 2.45) is 4.99 Å². The van der Waals surface area contributed by atoms with Gasteiger partial charge in [0.1, 0.15) is 11.9 Å². The molecule has 3 aromatic rings. The summed E-state index contributed by atoms with van der Waals surface area (Å²) in [6, 6.07) is 15.6. The number of anilines is 2. The summed E-state index contributed by atoms with van der Waals surface area (Å²) in [6.07, 6.45) is 3.45. The molecule has 34 heavy (non-hydrogen) atoms. The number of hydrogen-bond acceptors (Lipinski definition) is 6. The summed E-state index contributed by atoms with van der Waals surface area (Å²) < 4.78 is 32.3. The zero-order valence-corrected chi connectivity index (χ0v) is 19.3. The highest BCUT2D eigenvalue weighted by molar-refractivity contribution is 7.90. The van der Waals surface area contributed by atoms with E-state index in [-0.39, 0.29) is 22.4 Å². The topological polar surface area (TPSA) is 130 Å². The largest absolute Gasteiger partial charge is 0.459 e. The van der Waals surface area contributed by atoms with Crippen LogP contribution in [0.4, 0.5) is 11.4 Å². The molecule has 1 aliphatic heterocycles. The molecule has 10 heteroatoms. The van der Waals surface area contributed by atoms with Crippen LogP contribution >= 0.6 is 0 Å². The van der Waals surface area contributed by atoms with E-state index in [9.17, 15) is 18.0 Å². The molecule has 1 aliphatic rings. The first kappa shape index (κ1) is 23.2. The maximum Gasteiger partial charge on any atom is 0.291 e. The van der Waals surface area contributed by atoms with Crippen LogP contribution in [0.1, 0.15) is 42.3 Å². The van der Waals surface area contributed by atoms with Crippen molar-refractivity contribution < 1.29 is 22.4 Å². The molecule has 9 nitrogen and oxygen atoms in total. The van der Waals surface area contributed by atoms with E-state index < -0.39 is 22.0 Å². The normalized spacial score (nSPS) is 15.9. The second-order valence-electron chi connectivity index (χ2n) is 7.74. The number of furan rings is 1. The Labute approximate surface area is 197 Å². The van der Waals surface area contributed by atoms with Crippen LogP contribution in [0.25, 0.3) is 0 Å². The van der Waals surface area contributed by atoms with E-state index in [0.717, 1.165) is 12.8 Å². The lowest BCUT2D eigenvalue weighted by Crippen LogP contribution is -2.30. The second kappa shape index (κ2) is 9.92. The highest BCUT2D eigenvalue weighted by Gasteiger charge is 2.31. The Hall–Kier alpha value is -3.92. The van der Waals surface area contributed by atoms with Gasteiger partial charge in [0.15, 0.2) is 5.76 Å². The molecule has 2 aromatic carbocycles. The lowest BCUT2D eigenvalue weighted by atomic mass is 10.1. The molecule has 0 saturated carbocycles. The van der Waals surface area contributed by atoms with Crippen LogP contribution in [-0.2, 0) is 14.8 Å². The van der Waals surface area contributed by atoms with E-state index >= 15 is 0 Å². The van der Waals surface area contributed by atoms with Gasteiger partial charge in [-0.05, 0) is 48.9 Å². The van der Waals surface area contributed by atoms with Crippen molar-refractivity contribution in [2.75, 3.05) is 10.6 Å². The number of unbranched alkanes of at least 4 members (excludes halogenated alkanes) is 1. The van der Waals surface area contributed by atoms with Gasteiger partial charge >= 0.3 is 0 Å². The molecule has 0 radical (unpaired) electrons. The average molecular weight is 481 g/mol. The lowest BCUT2D eigenvalue weighted by molar-refractivity contribution is -0.117. The predicted octanol–water partition coefficient (Wildman–Crippen LogP) is 3.77. The van der Waals surface area contributed by atoms with Gasteiger partial charge in [-0.25, -0.2) is 8.42 Å². The van der Waals surface area contributed by atoms with Crippen molar-refractivity contribution in [3.63, 3.8) is 0 Å². The minimum absolute atomic E-state index is 0.142. The van der Waals surface area contributed by atoms with E-state index in [4.69, 9.17) is 4.42 Å². The maximum absolute atomic E-state index is 13.1. The van der Waals surface area contributed by atoms with Crippen LogP contribution in [0, 0.1) is 0 Å². The Balaban J connectivity index is 1.53. The summed E-state index contributed by atoms with van der Waals surface area (Å²) in [5, 5.41) is 5.53. The molecule has 176 valence electrons. The van der Waals surface area contributed by atoms with Crippen molar-refractivity contribution in [1.29, 1.82) is 0 Å². The van der Waals surface area contributed by atoms with Crippen LogP contribution in [0.3, 0.4) is 0 Å². The van der Waals surface area contributed by atoms with E-state index in [2.05, 4.69) is 20.3 Å². The fraction of sp³-hybridized carbons (Fsp3) is 0.208. The third kappa shape index (κ3) is 5.18. The summed E-state index contributed by atoms with van der Waals surface area (Å²) in [6.45, 7) is 2.00. The summed E-state index contributed by atoms with van der Waals surface area (Å²) in [5.41, 5.74) is 1.39. The number of sulfonamides is 1. The zero-order chi connectivity index (χ0) is 24.1. The minimum Gasteiger partial charge on any atom is -0.459 e. The predicted molar refractivity (Wildman–Crippen MR) is 128 cm³/mol. The minimum atomic E-state index is -3.70. The number of amides is 2. The van der Waals surface area contributed by atoms with Crippen molar-refractivity contribution in [2.45, 2.75) is 37.1 Å². The van der Waals surface area contributed by atoms with E-state index in [0.29, 0.717) is 23.4 Å². The maximum atomic E-state index is 13.1. The van der Waals surface area contributed by atoms with Gasteiger partial charge in [-0.1, -0.05) is 38.0 Å². The molecule has 1 unspecified atom stereocenters. The van der Waals surface area contributed by atoms with Gasteiger partial charge in [-0.15, -0.1) is 0 Å². The monoisotopic (exact) mass is 480 g/mol. The molecule has 0 fully saturated rings. The highest BCUT2D eigenvalue weighted by atomic mass is 32.2. The van der Waals surface area contributed by atoms with Crippen molar-refractivity contribution in [3.05, 3.63) is 78.3 Å². The average Bonchev–Trinajstić information content (AvgIpc) is 3.44. The number of carbonyl (C=O) groups is 2. The van der Waals surface area contributed by atoms with E-state index in [1.165, 1.54) is 12.3 Å². The van der Waals surface area contributed by atoms with Crippen molar-refractivity contribution in [3.8, 4) is 0 Å². The number of rotatable bonds is 8. The third-order valence-corrected chi connectivity index (χ3v) is 6.61. The van der Waals surface area contributed by atoms with Crippen LogP contribution < -0.4 is 15.4 Å². The van der Waals surface area contributed by atoms with Crippen molar-refractivity contribution in [1.82, 2.24) is 4.72 Å². The fourth-order valence-corrected chi connectivity index (χ4v) is 4.78. The Bertz CT molecular complexity index is 1330. The first-order chi connectivity index (χ1) is 16.4. The smallest absolute Gasteiger partial charge is 0.291 e. The first-order valence-corrected chi connectivity index (χ1v) is 12.3. The summed E-state index contributed by atoms with van der Waals surface area (Å²) in [7, 11) is -3.70. The van der Waals surface area contributed by atoms with Gasteiger partial charge in [0.05, 0.1) is 11.2 Å². The molecule has 4 rings (SSSR count). The molecule has 1 aromatic heterocycles. The molecule has 2 amide bonds. The number of carbonyl (C=O) groups excluding carboxylic acids is 2. The standard InChI is InChI=1S/C24H24N4O5S/c1-2-3-11-19(27-22-18-10-4-5-13-21(18)34(31,32)28-22)23(29)25-16-8-6-9-17(15-16)26-24(30)20-12-7-14-33-20/h4-10,12-15,19H,2-3,11H2,1H3,(H,25,29)(H,26,30)(H,27,28). The van der Waals surface area contributed by atoms with Gasteiger partial charge < -0.3 is 15.1 Å². The number of benzene rings is 2. The quantitative estimate of drug-likeness (QED) is 0.452. The van der Waals surface area contributed by atoms with Gasteiger partial charge in [0.2, 0.25) is 5.91 Å². The fourth-order valence-electron chi connectivity index (χ4n) is 3.54. The molecular weight excluding hydrogens is 456 g/mol. The SMILES string of the molecule is CCCCC(N=C1NS(=O)(=O)c2ccccc21)C(=O)Nc1cccc(NC(=O)c2ccco2)c1. The summed E-state index contributed by atoms with van der Waals surface area (Å²) in [4.78, 5) is 29.9. The molecule has 1 atom stereocenters. The summed E-state index contributed by atoms with van der Waals surface area (Å²) in [5.74, 6) is -0.456. The number of hydrogen-bond donors (Lipinski definition) is 3. The van der Waals surface area contributed by atoms with Crippen LogP contribution in [0.5, 0.6) is 0 Å². The Morgan fingerprint density at radius 1 is 1.03 bits per heavy atom. The molecule has 2 heterocycles. The number of fused-ring (bicyclic) bond motifs is 1. The van der Waals surface area contributed by atoms with Gasteiger partial charge in [-0.3, -0.25) is 19.3 Å². The van der Waals surface area contributed by atoms with Gasteiger partial charge in [0, 0.05) is 16.9 Å². The first-order valence-electron chi connectivity index (χ1n) is 10.8. The second-order valence-corrected chi connectivity index (χ2v) is 9.39. The molecule has 0 bridgehead atoms. The van der Waals surface area contributed by atoms with Crippen LogP contribution in [0.2, 0.25) is 0 Å². The molecule has 0 spiro atoms. The molecule has 0 aliphatic carbocycles. The van der Waals surface area contributed by atoms with Crippen LogP contribution in [0.15, 0.2) is 81.2 Å². The van der Waals surface area contributed by atoms with E-state index in [1.54, 1.807) is 54.6 Å². The van der Waals surface area contributed by atoms with E-state index in [1.807, 2.05) is 6.92 Å². The van der Waals surface area contributed by atoms with Gasteiger partial charge in [0.25, 0.3) is 15.9 Å². The Morgan fingerprint density at radius 2 is 1.79 bits per heavy atom. The highest BCUT2D eigenvalue weighted by Crippen LogP contribution is 2.24. The number of amidine groups is 1. The molecular formula is C24H24N4O5S. The number of aliphatic imine (C=N–C) groups is 1. The van der Waals surface area contributed by atoms with Crippen molar-refractivity contribution >= 4 is 39.0 Å². The zero-order valence-electron chi connectivity index (χ0n) is 18.4. The van der Waals surface area contributed by atoms with Crippen LogP contribution in [-0.4, -0.2) is 32.1 Å². The Kier molecular flexibility index (Phi) is 6.78. The number of nitrogens with one attached hydrogen (secondary N) is 3.